The van der Waals surface area contributed by atoms with Crippen LogP contribution < -0.4 is 5.32 Å². The number of rotatable bonds is 4. The summed E-state index contributed by atoms with van der Waals surface area (Å²) in [5.41, 5.74) is 0.235. The van der Waals surface area contributed by atoms with E-state index in [-0.39, 0.29) is 10.3 Å². The number of hydrogen-bond donors (Lipinski definition) is 1. The first-order chi connectivity index (χ1) is 9.35. The van der Waals surface area contributed by atoms with Gasteiger partial charge in [0.25, 0.3) is 0 Å². The van der Waals surface area contributed by atoms with Gasteiger partial charge in [-0.15, -0.1) is 0 Å². The number of sulfonamides is 1. The van der Waals surface area contributed by atoms with Gasteiger partial charge in [-0.2, -0.15) is 4.31 Å². The van der Waals surface area contributed by atoms with Crippen molar-refractivity contribution in [3.8, 4) is 0 Å². The maximum atomic E-state index is 12.5. The predicted octanol–water partition coefficient (Wildman–Crippen LogP) is 2.32. The van der Waals surface area contributed by atoms with Crippen LogP contribution in [0.5, 0.6) is 0 Å². The molecule has 1 aliphatic rings. The van der Waals surface area contributed by atoms with Crippen molar-refractivity contribution < 1.29 is 8.42 Å². The first-order valence-electron chi connectivity index (χ1n) is 7.05. The Morgan fingerprint density at radius 1 is 1.30 bits per heavy atom. The minimum absolute atomic E-state index is 0.235. The fourth-order valence-corrected chi connectivity index (χ4v) is 3.69. The Morgan fingerprint density at radius 3 is 2.45 bits per heavy atom. The molecule has 1 aliphatic heterocycles. The minimum atomic E-state index is -3.40. The van der Waals surface area contributed by atoms with Crippen molar-refractivity contribution in [2.24, 2.45) is 5.41 Å². The van der Waals surface area contributed by atoms with E-state index in [0.717, 1.165) is 19.4 Å². The molecular weight excluding hydrogens is 274 g/mol. The number of anilines is 1. The molecule has 0 unspecified atom stereocenters. The molecule has 0 amide bonds. The summed E-state index contributed by atoms with van der Waals surface area (Å²) in [6, 6.07) is 3.34. The molecule has 0 spiro atoms. The van der Waals surface area contributed by atoms with E-state index in [4.69, 9.17) is 0 Å². The minimum Gasteiger partial charge on any atom is -0.370 e. The molecule has 0 radical (unpaired) electrons. The third kappa shape index (κ3) is 3.30. The van der Waals surface area contributed by atoms with Gasteiger partial charge in [0, 0.05) is 25.8 Å². The van der Waals surface area contributed by atoms with Gasteiger partial charge in [-0.3, -0.25) is 0 Å². The maximum Gasteiger partial charge on any atom is 0.244 e. The van der Waals surface area contributed by atoms with Crippen molar-refractivity contribution >= 4 is 15.8 Å². The van der Waals surface area contributed by atoms with Crippen LogP contribution in [-0.4, -0.2) is 37.3 Å². The Bertz CT molecular complexity index is 542. The fraction of sp³-hybridized carbons (Fsp3) is 0.643. The van der Waals surface area contributed by atoms with E-state index in [1.54, 1.807) is 16.4 Å². The zero-order valence-corrected chi connectivity index (χ0v) is 13.2. The molecular formula is C14H23N3O2S. The molecule has 0 aliphatic carbocycles. The van der Waals surface area contributed by atoms with Gasteiger partial charge in [-0.05, 0) is 37.3 Å². The van der Waals surface area contributed by atoms with Crippen LogP contribution >= 0.6 is 0 Å². The van der Waals surface area contributed by atoms with E-state index in [1.807, 2.05) is 6.92 Å². The van der Waals surface area contributed by atoms with Gasteiger partial charge in [-0.25, -0.2) is 13.4 Å². The van der Waals surface area contributed by atoms with Crippen LogP contribution in [0.2, 0.25) is 0 Å². The van der Waals surface area contributed by atoms with Crippen LogP contribution in [0.1, 0.15) is 33.6 Å². The molecule has 5 nitrogen and oxygen atoms in total. The highest BCUT2D eigenvalue weighted by molar-refractivity contribution is 7.89. The van der Waals surface area contributed by atoms with Crippen molar-refractivity contribution in [2.45, 2.75) is 38.5 Å². The van der Waals surface area contributed by atoms with Crippen LogP contribution in [0, 0.1) is 5.41 Å². The lowest BCUT2D eigenvalue weighted by molar-refractivity contribution is 0.196. The van der Waals surface area contributed by atoms with Gasteiger partial charge < -0.3 is 5.32 Å². The van der Waals surface area contributed by atoms with Crippen molar-refractivity contribution in [1.29, 1.82) is 0 Å². The Morgan fingerprint density at radius 2 is 1.95 bits per heavy atom. The Labute approximate surface area is 121 Å². The molecule has 6 heteroatoms. The zero-order chi connectivity index (χ0) is 14.8. The molecule has 1 fully saturated rings. The maximum absolute atomic E-state index is 12.5. The summed E-state index contributed by atoms with van der Waals surface area (Å²) < 4.78 is 26.6. The van der Waals surface area contributed by atoms with Crippen LogP contribution in [0.25, 0.3) is 0 Å². The molecule has 1 N–H and O–H groups in total. The van der Waals surface area contributed by atoms with Crippen LogP contribution in [0.3, 0.4) is 0 Å². The van der Waals surface area contributed by atoms with Gasteiger partial charge in [0.05, 0.1) is 0 Å². The van der Waals surface area contributed by atoms with Gasteiger partial charge in [0.15, 0.2) is 0 Å². The van der Waals surface area contributed by atoms with Gasteiger partial charge in [0.2, 0.25) is 10.0 Å². The Kier molecular flexibility index (Phi) is 4.34. The highest BCUT2D eigenvalue weighted by atomic mass is 32.2. The quantitative estimate of drug-likeness (QED) is 0.926. The molecule has 20 heavy (non-hydrogen) atoms. The summed E-state index contributed by atoms with van der Waals surface area (Å²) in [6.07, 6.45) is 3.23. The van der Waals surface area contributed by atoms with Crippen molar-refractivity contribution in [2.75, 3.05) is 25.0 Å². The average molecular weight is 297 g/mol. The molecule has 0 aromatic carbocycles. The second-order valence-electron chi connectivity index (χ2n) is 5.98. The number of hydrogen-bond acceptors (Lipinski definition) is 4. The molecule has 1 saturated heterocycles. The molecule has 2 rings (SSSR count). The van der Waals surface area contributed by atoms with Crippen molar-refractivity contribution in [3.63, 3.8) is 0 Å². The second kappa shape index (κ2) is 5.69. The third-order valence-electron chi connectivity index (χ3n) is 3.81. The lowest BCUT2D eigenvalue weighted by atomic mass is 9.83. The van der Waals surface area contributed by atoms with E-state index in [9.17, 15) is 8.42 Å². The highest BCUT2D eigenvalue weighted by Gasteiger charge is 2.32. The summed E-state index contributed by atoms with van der Waals surface area (Å²) >= 11 is 0. The molecule has 0 saturated carbocycles. The van der Waals surface area contributed by atoms with E-state index in [2.05, 4.69) is 24.1 Å². The zero-order valence-electron chi connectivity index (χ0n) is 12.4. The SMILES string of the molecule is CCNc1ccc(S(=O)(=O)N2CCC(C)(C)CC2)cn1. The van der Waals surface area contributed by atoms with Gasteiger partial charge >= 0.3 is 0 Å². The van der Waals surface area contributed by atoms with Crippen LogP contribution in [-0.2, 0) is 10.0 Å². The van der Waals surface area contributed by atoms with Crippen LogP contribution in [0.4, 0.5) is 5.82 Å². The largest absolute Gasteiger partial charge is 0.370 e. The molecule has 0 atom stereocenters. The highest BCUT2D eigenvalue weighted by Crippen LogP contribution is 2.32. The number of nitrogens with zero attached hydrogens (tertiary/aromatic N) is 2. The summed E-state index contributed by atoms with van der Waals surface area (Å²) in [5, 5.41) is 3.06. The van der Waals surface area contributed by atoms with E-state index in [0.29, 0.717) is 18.9 Å². The first-order valence-corrected chi connectivity index (χ1v) is 8.49. The van der Waals surface area contributed by atoms with Gasteiger partial charge in [-0.1, -0.05) is 13.8 Å². The van der Waals surface area contributed by atoms with E-state index >= 15 is 0 Å². The summed E-state index contributed by atoms with van der Waals surface area (Å²) in [6.45, 7) is 8.28. The van der Waals surface area contributed by atoms with E-state index in [1.165, 1.54) is 6.20 Å². The molecule has 1 aromatic rings. The summed E-state index contributed by atoms with van der Waals surface area (Å²) in [7, 11) is -3.40. The normalized spacial score (nSPS) is 19.8. The van der Waals surface area contributed by atoms with Crippen molar-refractivity contribution in [1.82, 2.24) is 9.29 Å². The predicted molar refractivity (Wildman–Crippen MR) is 80.2 cm³/mol. The topological polar surface area (TPSA) is 62.3 Å². The lowest BCUT2D eigenvalue weighted by Gasteiger charge is -2.36. The standard InChI is InChI=1S/C14H23N3O2S/c1-4-15-13-6-5-12(11-16-13)20(18,19)17-9-7-14(2,3)8-10-17/h5-6,11H,4,7-10H2,1-3H3,(H,15,16). The second-order valence-corrected chi connectivity index (χ2v) is 7.92. The Balaban J connectivity index is 2.14. The number of piperidine rings is 1. The summed E-state index contributed by atoms with van der Waals surface area (Å²) in [4.78, 5) is 4.42. The number of aromatic nitrogens is 1. The first kappa shape index (κ1) is 15.3. The lowest BCUT2D eigenvalue weighted by Crippen LogP contribution is -2.41. The smallest absolute Gasteiger partial charge is 0.244 e. The number of pyridine rings is 1. The number of nitrogens with one attached hydrogen (secondary N) is 1. The molecule has 1 aromatic heterocycles. The summed E-state index contributed by atoms with van der Waals surface area (Å²) in [5.74, 6) is 0.700. The van der Waals surface area contributed by atoms with E-state index < -0.39 is 10.0 Å². The van der Waals surface area contributed by atoms with Crippen molar-refractivity contribution in [3.05, 3.63) is 18.3 Å². The monoisotopic (exact) mass is 297 g/mol. The molecule has 0 bridgehead atoms. The Hall–Kier alpha value is -1.14. The average Bonchev–Trinajstić information content (AvgIpc) is 2.39. The van der Waals surface area contributed by atoms with Gasteiger partial charge in [0.1, 0.15) is 10.7 Å². The third-order valence-corrected chi connectivity index (χ3v) is 5.69. The van der Waals surface area contributed by atoms with Crippen LogP contribution in [0.15, 0.2) is 23.2 Å². The molecule has 112 valence electrons. The molecule has 2 heterocycles. The fourth-order valence-electron chi connectivity index (χ4n) is 2.30.